The fraction of sp³-hybridized carbons (Fsp3) is 0.562. The highest BCUT2D eigenvalue weighted by Gasteiger charge is 2.32. The Morgan fingerprint density at radius 1 is 1.20 bits per heavy atom. The molecule has 1 saturated heterocycles. The number of hydrogen-bond donors (Lipinski definition) is 0. The van der Waals surface area contributed by atoms with Crippen molar-refractivity contribution in [2.24, 2.45) is 0 Å². The third kappa shape index (κ3) is 3.82. The SMILES string of the molecule is CN1CCN(Cc2nnnn2-c2cccc(C(F)(F)F)c2)CC1(C)C. The summed E-state index contributed by atoms with van der Waals surface area (Å²) < 4.78 is 40.2. The first kappa shape index (κ1) is 17.8. The fourth-order valence-corrected chi connectivity index (χ4v) is 2.99. The number of rotatable bonds is 3. The van der Waals surface area contributed by atoms with E-state index in [2.05, 4.69) is 46.2 Å². The Hall–Kier alpha value is -2.00. The third-order valence-electron chi connectivity index (χ3n) is 4.71. The Kier molecular flexibility index (Phi) is 4.54. The molecule has 1 aliphatic heterocycles. The summed E-state index contributed by atoms with van der Waals surface area (Å²) in [7, 11) is 2.09. The lowest BCUT2D eigenvalue weighted by atomic mass is 10.00. The molecule has 0 aliphatic carbocycles. The molecule has 1 aromatic carbocycles. The first-order valence-corrected chi connectivity index (χ1v) is 8.05. The zero-order chi connectivity index (χ0) is 18.2. The van der Waals surface area contributed by atoms with Crippen LogP contribution in [0.1, 0.15) is 25.2 Å². The topological polar surface area (TPSA) is 50.1 Å². The Labute approximate surface area is 144 Å². The van der Waals surface area contributed by atoms with Crippen LogP contribution < -0.4 is 0 Å². The smallest absolute Gasteiger partial charge is 0.299 e. The van der Waals surface area contributed by atoms with Gasteiger partial charge in [0.05, 0.1) is 17.8 Å². The number of piperazine rings is 1. The van der Waals surface area contributed by atoms with Gasteiger partial charge in [-0.05, 0) is 49.5 Å². The van der Waals surface area contributed by atoms with Crippen LogP contribution in [-0.2, 0) is 12.7 Å². The van der Waals surface area contributed by atoms with Gasteiger partial charge in [-0.15, -0.1) is 5.10 Å². The van der Waals surface area contributed by atoms with Crippen LogP contribution in [-0.4, -0.2) is 62.2 Å². The molecule has 1 aromatic heterocycles. The van der Waals surface area contributed by atoms with E-state index in [-0.39, 0.29) is 5.54 Å². The van der Waals surface area contributed by atoms with Crippen molar-refractivity contribution in [3.63, 3.8) is 0 Å². The molecule has 0 unspecified atom stereocenters. The van der Waals surface area contributed by atoms with Gasteiger partial charge in [-0.3, -0.25) is 9.80 Å². The minimum Gasteiger partial charge on any atom is -0.299 e. The summed E-state index contributed by atoms with van der Waals surface area (Å²) in [6, 6.07) is 5.04. The van der Waals surface area contributed by atoms with Crippen LogP contribution in [0.15, 0.2) is 24.3 Å². The Morgan fingerprint density at radius 2 is 1.96 bits per heavy atom. The highest BCUT2D eigenvalue weighted by Crippen LogP contribution is 2.30. The predicted molar refractivity (Wildman–Crippen MR) is 86.1 cm³/mol. The molecule has 0 atom stereocenters. The zero-order valence-corrected chi connectivity index (χ0v) is 14.5. The van der Waals surface area contributed by atoms with Gasteiger partial charge in [0.2, 0.25) is 0 Å². The largest absolute Gasteiger partial charge is 0.416 e. The molecular weight excluding hydrogens is 333 g/mol. The Bertz CT molecular complexity index is 739. The minimum atomic E-state index is -4.40. The van der Waals surface area contributed by atoms with Crippen molar-refractivity contribution in [1.29, 1.82) is 0 Å². The van der Waals surface area contributed by atoms with Crippen LogP contribution in [0.3, 0.4) is 0 Å². The van der Waals surface area contributed by atoms with E-state index in [0.29, 0.717) is 18.1 Å². The maximum absolute atomic E-state index is 12.9. The summed E-state index contributed by atoms with van der Waals surface area (Å²) in [4.78, 5) is 4.51. The van der Waals surface area contributed by atoms with E-state index in [1.807, 2.05) is 0 Å². The minimum absolute atomic E-state index is 0.0206. The highest BCUT2D eigenvalue weighted by molar-refractivity contribution is 5.36. The van der Waals surface area contributed by atoms with Crippen LogP contribution in [0.2, 0.25) is 0 Å². The molecule has 9 heteroatoms. The Morgan fingerprint density at radius 3 is 2.64 bits per heavy atom. The lowest BCUT2D eigenvalue weighted by Gasteiger charge is -2.45. The summed E-state index contributed by atoms with van der Waals surface area (Å²) in [5.41, 5.74) is -0.386. The summed E-state index contributed by atoms with van der Waals surface area (Å²) in [5.74, 6) is 0.527. The van der Waals surface area contributed by atoms with E-state index in [0.717, 1.165) is 31.8 Å². The number of halogens is 3. The summed E-state index contributed by atoms with van der Waals surface area (Å²) in [6.45, 7) is 7.41. The van der Waals surface area contributed by atoms with Crippen LogP contribution in [0.4, 0.5) is 13.2 Å². The van der Waals surface area contributed by atoms with E-state index in [1.54, 1.807) is 6.07 Å². The molecular formula is C16H21F3N6. The molecule has 6 nitrogen and oxygen atoms in total. The quantitative estimate of drug-likeness (QED) is 0.846. The lowest BCUT2D eigenvalue weighted by Crippen LogP contribution is -2.57. The molecule has 0 bridgehead atoms. The van der Waals surface area contributed by atoms with Crippen molar-refractivity contribution in [3.8, 4) is 5.69 Å². The average molecular weight is 354 g/mol. The number of alkyl halides is 3. The van der Waals surface area contributed by atoms with E-state index < -0.39 is 11.7 Å². The number of benzene rings is 1. The van der Waals surface area contributed by atoms with Gasteiger partial charge in [0.15, 0.2) is 5.82 Å². The maximum Gasteiger partial charge on any atom is 0.416 e. The standard InChI is InChI=1S/C16H21F3N6/c1-15(2)11-24(8-7-23(15)3)10-14-20-21-22-25(14)13-6-4-5-12(9-13)16(17,18)19/h4-6,9H,7-8,10-11H2,1-3H3. The molecule has 1 fully saturated rings. The molecule has 2 aromatic rings. The van der Waals surface area contributed by atoms with Gasteiger partial charge in [-0.25, -0.2) is 0 Å². The van der Waals surface area contributed by atoms with E-state index in [9.17, 15) is 13.2 Å². The second kappa shape index (κ2) is 6.38. The summed E-state index contributed by atoms with van der Waals surface area (Å²) >= 11 is 0. The average Bonchev–Trinajstić information content (AvgIpc) is 2.98. The highest BCUT2D eigenvalue weighted by atomic mass is 19.4. The van der Waals surface area contributed by atoms with Gasteiger partial charge >= 0.3 is 6.18 Å². The first-order valence-electron chi connectivity index (χ1n) is 8.05. The molecule has 0 N–H and O–H groups in total. The molecule has 0 amide bonds. The van der Waals surface area contributed by atoms with Crippen LogP contribution in [0, 0.1) is 0 Å². The van der Waals surface area contributed by atoms with Gasteiger partial charge < -0.3 is 0 Å². The molecule has 25 heavy (non-hydrogen) atoms. The van der Waals surface area contributed by atoms with Crippen LogP contribution in [0.5, 0.6) is 0 Å². The van der Waals surface area contributed by atoms with Gasteiger partial charge in [0.25, 0.3) is 0 Å². The van der Waals surface area contributed by atoms with Gasteiger partial charge in [0, 0.05) is 25.2 Å². The van der Waals surface area contributed by atoms with Gasteiger partial charge in [-0.2, -0.15) is 17.9 Å². The molecule has 3 rings (SSSR count). The fourth-order valence-electron chi connectivity index (χ4n) is 2.99. The summed E-state index contributed by atoms with van der Waals surface area (Å²) in [5, 5.41) is 11.5. The maximum atomic E-state index is 12.9. The van der Waals surface area contributed by atoms with Crippen molar-refractivity contribution in [1.82, 2.24) is 30.0 Å². The number of aromatic nitrogens is 4. The molecule has 136 valence electrons. The zero-order valence-electron chi connectivity index (χ0n) is 14.5. The number of tetrazole rings is 1. The van der Waals surface area contributed by atoms with E-state index in [4.69, 9.17) is 0 Å². The Balaban J connectivity index is 1.82. The molecule has 0 saturated carbocycles. The second-order valence-electron chi connectivity index (χ2n) is 7.00. The molecule has 0 radical (unpaired) electrons. The first-order chi connectivity index (χ1) is 11.7. The van der Waals surface area contributed by atoms with Crippen LogP contribution in [0.25, 0.3) is 5.69 Å². The third-order valence-corrected chi connectivity index (χ3v) is 4.71. The number of likely N-dealkylation sites (N-methyl/N-ethyl adjacent to an activating group) is 1. The summed E-state index contributed by atoms with van der Waals surface area (Å²) in [6.07, 6.45) is -4.40. The predicted octanol–water partition coefficient (Wildman–Crippen LogP) is 2.21. The van der Waals surface area contributed by atoms with Crippen LogP contribution >= 0.6 is 0 Å². The van der Waals surface area contributed by atoms with E-state index in [1.165, 1.54) is 10.7 Å². The normalized spacial score (nSPS) is 19.3. The number of hydrogen-bond acceptors (Lipinski definition) is 5. The van der Waals surface area contributed by atoms with Crippen molar-refractivity contribution in [3.05, 3.63) is 35.7 Å². The van der Waals surface area contributed by atoms with Crippen molar-refractivity contribution in [2.45, 2.75) is 32.1 Å². The second-order valence-corrected chi connectivity index (χ2v) is 7.00. The van der Waals surface area contributed by atoms with Crippen molar-refractivity contribution >= 4 is 0 Å². The number of nitrogens with zero attached hydrogens (tertiary/aromatic N) is 6. The van der Waals surface area contributed by atoms with Gasteiger partial charge in [0.1, 0.15) is 0 Å². The lowest BCUT2D eigenvalue weighted by molar-refractivity contribution is -0.137. The monoisotopic (exact) mass is 354 g/mol. The van der Waals surface area contributed by atoms with Gasteiger partial charge in [-0.1, -0.05) is 6.07 Å². The molecule has 0 spiro atoms. The van der Waals surface area contributed by atoms with Crippen molar-refractivity contribution < 1.29 is 13.2 Å². The van der Waals surface area contributed by atoms with Crippen molar-refractivity contribution in [2.75, 3.05) is 26.7 Å². The van der Waals surface area contributed by atoms with E-state index >= 15 is 0 Å². The molecule has 2 heterocycles. The molecule has 1 aliphatic rings.